The predicted molar refractivity (Wildman–Crippen MR) is 101 cm³/mol. The van der Waals surface area contributed by atoms with Gasteiger partial charge >= 0.3 is 0 Å². The number of non-ortho nitro benzene ring substituents is 1. The molecule has 0 bridgehead atoms. The second kappa shape index (κ2) is 8.41. The van der Waals surface area contributed by atoms with Gasteiger partial charge in [-0.25, -0.2) is 8.42 Å². The number of piperidine rings is 1. The van der Waals surface area contributed by atoms with Gasteiger partial charge in [0.2, 0.25) is 15.9 Å². The number of carbonyl (C=O) groups excluding carboxylic acids is 1. The highest BCUT2D eigenvalue weighted by molar-refractivity contribution is 7.89. The van der Waals surface area contributed by atoms with E-state index < -0.39 is 21.0 Å². The molecule has 2 heterocycles. The second-order valence-electron chi connectivity index (χ2n) is 6.94. The van der Waals surface area contributed by atoms with E-state index in [-0.39, 0.29) is 35.3 Å². The van der Waals surface area contributed by atoms with E-state index >= 15 is 0 Å². The van der Waals surface area contributed by atoms with Crippen LogP contribution in [0.4, 0.5) is 11.4 Å². The number of hydrogen-bond donors (Lipinski definition) is 2. The number of β-amino-alcohol motifs (C(OH)–C–C–N with tert-alkyl or cyclic N) is 1. The monoisotopic (exact) mass is 412 g/mol. The van der Waals surface area contributed by atoms with Gasteiger partial charge in [0.25, 0.3) is 5.69 Å². The van der Waals surface area contributed by atoms with E-state index in [4.69, 9.17) is 5.11 Å². The van der Waals surface area contributed by atoms with E-state index in [1.807, 2.05) is 0 Å². The van der Waals surface area contributed by atoms with Crippen molar-refractivity contribution in [3.05, 3.63) is 28.3 Å². The van der Waals surface area contributed by atoms with Crippen molar-refractivity contribution in [1.82, 2.24) is 9.21 Å². The van der Waals surface area contributed by atoms with Gasteiger partial charge in [-0.05, 0) is 31.7 Å². The molecule has 0 aromatic heterocycles. The van der Waals surface area contributed by atoms with E-state index in [0.29, 0.717) is 32.5 Å². The summed E-state index contributed by atoms with van der Waals surface area (Å²) in [6, 6.07) is 2.98. The first-order chi connectivity index (χ1) is 13.3. The highest BCUT2D eigenvalue weighted by Crippen LogP contribution is 2.32. The zero-order valence-electron chi connectivity index (χ0n) is 15.4. The number of nitro groups is 1. The van der Waals surface area contributed by atoms with Crippen molar-refractivity contribution in [2.45, 2.75) is 36.6 Å². The molecule has 2 N–H and O–H groups in total. The molecule has 0 aliphatic carbocycles. The molecule has 2 fully saturated rings. The first-order valence-electron chi connectivity index (χ1n) is 9.29. The Bertz CT molecular complexity index is 851. The number of sulfonamides is 1. The van der Waals surface area contributed by atoms with Crippen LogP contribution in [0.3, 0.4) is 0 Å². The number of aliphatic hydroxyl groups excluding tert-OH is 1. The number of amides is 1. The highest BCUT2D eigenvalue weighted by atomic mass is 32.2. The molecule has 3 rings (SSSR count). The lowest BCUT2D eigenvalue weighted by molar-refractivity contribution is -0.385. The molecule has 0 spiro atoms. The van der Waals surface area contributed by atoms with Crippen LogP contribution in [0.5, 0.6) is 0 Å². The number of carbonyl (C=O) groups is 1. The molecule has 1 aromatic carbocycles. The summed E-state index contributed by atoms with van der Waals surface area (Å²) in [7, 11) is -3.92. The van der Waals surface area contributed by atoms with Gasteiger partial charge in [0, 0.05) is 38.3 Å². The number of nitrogens with zero attached hydrogens (tertiary/aromatic N) is 3. The van der Waals surface area contributed by atoms with E-state index in [2.05, 4.69) is 5.32 Å². The smallest absolute Gasteiger partial charge is 0.270 e. The first-order valence-corrected chi connectivity index (χ1v) is 10.7. The van der Waals surface area contributed by atoms with Crippen LogP contribution < -0.4 is 5.32 Å². The Morgan fingerprint density at radius 2 is 1.93 bits per heavy atom. The fourth-order valence-electron chi connectivity index (χ4n) is 3.63. The molecular weight excluding hydrogens is 388 g/mol. The SMILES string of the molecule is O=C1C(Nc2ccc([N+](=O)[O-])cc2S(=O)(=O)N2CCCC2)CCCN1CCO. The summed E-state index contributed by atoms with van der Waals surface area (Å²) in [6.07, 6.45) is 2.72. The molecule has 0 saturated carbocycles. The third kappa shape index (κ3) is 4.10. The fourth-order valence-corrected chi connectivity index (χ4v) is 5.32. The molecular formula is C17H24N4O6S. The molecule has 154 valence electrons. The Balaban J connectivity index is 1.94. The lowest BCUT2D eigenvalue weighted by Crippen LogP contribution is -2.48. The van der Waals surface area contributed by atoms with Crippen molar-refractivity contribution < 1.29 is 23.2 Å². The molecule has 28 heavy (non-hydrogen) atoms. The molecule has 0 radical (unpaired) electrons. The summed E-state index contributed by atoms with van der Waals surface area (Å²) in [6.45, 7) is 1.35. The number of aliphatic hydroxyl groups is 1. The normalized spacial score (nSPS) is 21.1. The lowest BCUT2D eigenvalue weighted by Gasteiger charge is -2.33. The van der Waals surface area contributed by atoms with Crippen molar-refractivity contribution in [3.63, 3.8) is 0 Å². The number of benzene rings is 1. The van der Waals surface area contributed by atoms with Gasteiger partial charge in [0.1, 0.15) is 10.9 Å². The minimum atomic E-state index is -3.92. The topological polar surface area (TPSA) is 133 Å². The van der Waals surface area contributed by atoms with Gasteiger partial charge in [0.15, 0.2) is 0 Å². The van der Waals surface area contributed by atoms with Gasteiger partial charge in [-0.3, -0.25) is 14.9 Å². The molecule has 2 saturated heterocycles. The Morgan fingerprint density at radius 3 is 2.57 bits per heavy atom. The average Bonchev–Trinajstić information content (AvgIpc) is 3.21. The predicted octanol–water partition coefficient (Wildman–Crippen LogP) is 0.774. The van der Waals surface area contributed by atoms with Crippen molar-refractivity contribution in [1.29, 1.82) is 0 Å². The zero-order chi connectivity index (χ0) is 20.3. The molecule has 11 heteroatoms. The van der Waals surface area contributed by atoms with Gasteiger partial charge in [-0.2, -0.15) is 4.31 Å². The lowest BCUT2D eigenvalue weighted by atomic mass is 10.0. The average molecular weight is 412 g/mol. The van der Waals surface area contributed by atoms with Gasteiger partial charge < -0.3 is 15.3 Å². The summed E-state index contributed by atoms with van der Waals surface area (Å²) < 4.78 is 27.4. The summed E-state index contributed by atoms with van der Waals surface area (Å²) >= 11 is 0. The number of rotatable bonds is 7. The van der Waals surface area contributed by atoms with Crippen molar-refractivity contribution >= 4 is 27.3 Å². The molecule has 1 aromatic rings. The number of likely N-dealkylation sites (tertiary alicyclic amines) is 1. The van der Waals surface area contributed by atoms with Gasteiger partial charge in [0.05, 0.1) is 17.2 Å². The summed E-state index contributed by atoms with van der Waals surface area (Å²) in [5, 5.41) is 23.2. The Labute approximate surface area is 163 Å². The van der Waals surface area contributed by atoms with Crippen LogP contribution in [0.25, 0.3) is 0 Å². The minimum Gasteiger partial charge on any atom is -0.395 e. The quantitative estimate of drug-likeness (QED) is 0.499. The molecule has 2 aliphatic heterocycles. The van der Waals surface area contributed by atoms with Crippen LogP contribution in [-0.2, 0) is 14.8 Å². The number of nitrogens with one attached hydrogen (secondary N) is 1. The van der Waals surface area contributed by atoms with E-state index in [1.165, 1.54) is 21.3 Å². The fraction of sp³-hybridized carbons (Fsp3) is 0.588. The van der Waals surface area contributed by atoms with E-state index in [9.17, 15) is 23.3 Å². The Kier molecular flexibility index (Phi) is 6.16. The largest absolute Gasteiger partial charge is 0.395 e. The van der Waals surface area contributed by atoms with Gasteiger partial charge in [-0.15, -0.1) is 0 Å². The highest BCUT2D eigenvalue weighted by Gasteiger charge is 2.34. The van der Waals surface area contributed by atoms with Crippen LogP contribution in [0.1, 0.15) is 25.7 Å². The molecule has 1 atom stereocenters. The van der Waals surface area contributed by atoms with Crippen molar-refractivity contribution in [3.8, 4) is 0 Å². The van der Waals surface area contributed by atoms with Crippen molar-refractivity contribution in [2.24, 2.45) is 0 Å². The third-order valence-corrected chi connectivity index (χ3v) is 7.03. The Hall–Kier alpha value is -2.24. The van der Waals surface area contributed by atoms with Crippen LogP contribution in [0.2, 0.25) is 0 Å². The van der Waals surface area contributed by atoms with E-state index in [1.54, 1.807) is 0 Å². The van der Waals surface area contributed by atoms with Crippen molar-refractivity contribution in [2.75, 3.05) is 38.1 Å². The molecule has 1 unspecified atom stereocenters. The summed E-state index contributed by atoms with van der Waals surface area (Å²) in [5.74, 6) is -0.219. The minimum absolute atomic E-state index is 0.148. The second-order valence-corrected chi connectivity index (χ2v) is 8.84. The summed E-state index contributed by atoms with van der Waals surface area (Å²) in [4.78, 5) is 24.5. The Morgan fingerprint density at radius 1 is 1.21 bits per heavy atom. The number of hydrogen-bond acceptors (Lipinski definition) is 7. The van der Waals surface area contributed by atoms with E-state index in [0.717, 1.165) is 18.9 Å². The maximum absolute atomic E-state index is 13.1. The number of nitro benzene ring substituents is 1. The standard InChI is InChI=1S/C17H24N4O6S/c22-11-10-19-7-3-4-15(17(19)23)18-14-6-5-13(21(24)25)12-16(14)28(26,27)20-8-1-2-9-20/h5-6,12,15,18,22H,1-4,7-11H2. The number of anilines is 1. The maximum Gasteiger partial charge on any atom is 0.270 e. The molecule has 2 aliphatic rings. The summed E-state index contributed by atoms with van der Waals surface area (Å²) in [5.41, 5.74) is -0.137. The van der Waals surface area contributed by atoms with Crippen LogP contribution in [0, 0.1) is 10.1 Å². The van der Waals surface area contributed by atoms with Crippen LogP contribution >= 0.6 is 0 Å². The maximum atomic E-state index is 13.1. The molecule has 1 amide bonds. The zero-order valence-corrected chi connectivity index (χ0v) is 16.2. The van der Waals surface area contributed by atoms with Crippen LogP contribution in [0.15, 0.2) is 23.1 Å². The first kappa shape index (κ1) is 20.5. The third-order valence-electron chi connectivity index (χ3n) is 5.09. The van der Waals surface area contributed by atoms with Gasteiger partial charge in [-0.1, -0.05) is 0 Å². The molecule has 10 nitrogen and oxygen atoms in total. The van der Waals surface area contributed by atoms with Crippen LogP contribution in [-0.4, -0.2) is 72.4 Å².